The van der Waals surface area contributed by atoms with Crippen molar-refractivity contribution < 1.29 is 4.39 Å². The zero-order chi connectivity index (χ0) is 9.97. The lowest BCUT2D eigenvalue weighted by atomic mass is 10.3. The van der Waals surface area contributed by atoms with Gasteiger partial charge in [0, 0.05) is 0 Å². The third-order valence-electron chi connectivity index (χ3n) is 1.79. The molecule has 0 aliphatic rings. The number of aromatic nitrogens is 3. The van der Waals surface area contributed by atoms with Gasteiger partial charge in [-0.25, -0.2) is 14.1 Å². The molecule has 0 aliphatic carbocycles. The SMILES string of the molecule is Fc1cccc(-n2ncnc2CCl)c1. The maximum absolute atomic E-state index is 12.9. The van der Waals surface area contributed by atoms with E-state index in [-0.39, 0.29) is 11.7 Å². The van der Waals surface area contributed by atoms with Gasteiger partial charge in [-0.3, -0.25) is 0 Å². The van der Waals surface area contributed by atoms with Crippen molar-refractivity contribution in [2.24, 2.45) is 0 Å². The van der Waals surface area contributed by atoms with E-state index < -0.39 is 0 Å². The van der Waals surface area contributed by atoms with Crippen LogP contribution < -0.4 is 0 Å². The molecule has 2 aromatic rings. The van der Waals surface area contributed by atoms with Crippen LogP contribution in [0.25, 0.3) is 5.69 Å². The maximum atomic E-state index is 12.9. The Morgan fingerprint density at radius 3 is 3.00 bits per heavy atom. The topological polar surface area (TPSA) is 30.7 Å². The lowest BCUT2D eigenvalue weighted by molar-refractivity contribution is 0.625. The van der Waals surface area contributed by atoms with Crippen molar-refractivity contribution in [1.29, 1.82) is 0 Å². The molecule has 1 heterocycles. The Labute approximate surface area is 85.1 Å². The molecule has 0 atom stereocenters. The van der Waals surface area contributed by atoms with E-state index >= 15 is 0 Å². The first-order valence-corrected chi connectivity index (χ1v) is 4.55. The number of halogens is 2. The van der Waals surface area contributed by atoms with Crippen LogP contribution in [0.4, 0.5) is 4.39 Å². The first kappa shape index (κ1) is 9.15. The fourth-order valence-corrected chi connectivity index (χ4v) is 1.36. The highest BCUT2D eigenvalue weighted by Gasteiger charge is 2.05. The average molecular weight is 212 g/mol. The van der Waals surface area contributed by atoms with Crippen molar-refractivity contribution in [3.05, 3.63) is 42.2 Å². The Balaban J connectivity index is 2.49. The second-order valence-electron chi connectivity index (χ2n) is 2.70. The molecule has 2 rings (SSSR count). The van der Waals surface area contributed by atoms with Gasteiger partial charge in [0.15, 0.2) is 0 Å². The summed E-state index contributed by atoms with van der Waals surface area (Å²) in [6, 6.07) is 6.11. The number of rotatable bonds is 2. The molecule has 0 N–H and O–H groups in total. The van der Waals surface area contributed by atoms with Crippen molar-refractivity contribution in [3.63, 3.8) is 0 Å². The van der Waals surface area contributed by atoms with E-state index in [2.05, 4.69) is 10.1 Å². The smallest absolute Gasteiger partial charge is 0.147 e. The first-order valence-electron chi connectivity index (χ1n) is 4.02. The predicted octanol–water partition coefficient (Wildman–Crippen LogP) is 2.15. The van der Waals surface area contributed by atoms with Crippen LogP contribution in [-0.4, -0.2) is 14.8 Å². The minimum Gasteiger partial charge on any atom is -0.218 e. The second-order valence-corrected chi connectivity index (χ2v) is 2.97. The molecule has 0 radical (unpaired) electrons. The quantitative estimate of drug-likeness (QED) is 0.713. The van der Waals surface area contributed by atoms with E-state index in [1.165, 1.54) is 23.1 Å². The van der Waals surface area contributed by atoms with Gasteiger partial charge in [-0.15, -0.1) is 11.6 Å². The molecule has 0 saturated heterocycles. The molecule has 1 aromatic heterocycles. The molecule has 0 fully saturated rings. The summed E-state index contributed by atoms with van der Waals surface area (Å²) in [6.45, 7) is 0. The second kappa shape index (κ2) is 3.75. The van der Waals surface area contributed by atoms with Gasteiger partial charge in [-0.2, -0.15) is 5.10 Å². The Kier molecular flexibility index (Phi) is 2.45. The Morgan fingerprint density at radius 2 is 2.29 bits per heavy atom. The molecule has 5 heteroatoms. The van der Waals surface area contributed by atoms with Crippen LogP contribution in [0.5, 0.6) is 0 Å². The van der Waals surface area contributed by atoms with Crippen LogP contribution >= 0.6 is 11.6 Å². The maximum Gasteiger partial charge on any atom is 0.147 e. The van der Waals surface area contributed by atoms with Crippen molar-refractivity contribution >= 4 is 11.6 Å². The van der Waals surface area contributed by atoms with E-state index in [1.54, 1.807) is 12.1 Å². The fraction of sp³-hybridized carbons (Fsp3) is 0.111. The predicted molar refractivity (Wildman–Crippen MR) is 50.9 cm³/mol. The normalized spacial score (nSPS) is 10.4. The highest BCUT2D eigenvalue weighted by molar-refractivity contribution is 6.16. The molecule has 1 aromatic carbocycles. The number of benzene rings is 1. The summed E-state index contributed by atoms with van der Waals surface area (Å²) in [7, 11) is 0. The van der Waals surface area contributed by atoms with Crippen LogP contribution in [0.1, 0.15) is 5.82 Å². The minimum absolute atomic E-state index is 0.247. The third-order valence-corrected chi connectivity index (χ3v) is 2.03. The van der Waals surface area contributed by atoms with Crippen LogP contribution in [0.2, 0.25) is 0 Å². The van der Waals surface area contributed by atoms with E-state index in [0.717, 1.165) is 0 Å². The van der Waals surface area contributed by atoms with Gasteiger partial charge in [-0.05, 0) is 18.2 Å². The van der Waals surface area contributed by atoms with Crippen LogP contribution in [0.15, 0.2) is 30.6 Å². The number of hydrogen-bond acceptors (Lipinski definition) is 2. The lowest BCUT2D eigenvalue weighted by Gasteiger charge is -2.02. The van der Waals surface area contributed by atoms with Gasteiger partial charge in [0.1, 0.15) is 18.0 Å². The van der Waals surface area contributed by atoms with Gasteiger partial charge < -0.3 is 0 Å². The third kappa shape index (κ3) is 1.61. The Bertz CT molecular complexity index is 441. The Hall–Kier alpha value is -1.42. The standard InChI is InChI=1S/C9H7ClFN3/c10-5-9-12-6-13-14(9)8-3-1-2-7(11)4-8/h1-4,6H,5H2. The molecule has 0 unspecified atom stereocenters. The molecule has 0 saturated carbocycles. The monoisotopic (exact) mass is 211 g/mol. The zero-order valence-corrected chi connectivity index (χ0v) is 7.95. The summed E-state index contributed by atoms with van der Waals surface area (Å²) >= 11 is 5.65. The van der Waals surface area contributed by atoms with Gasteiger partial charge in [-0.1, -0.05) is 6.07 Å². The summed E-state index contributed by atoms with van der Waals surface area (Å²) < 4.78 is 14.4. The summed E-state index contributed by atoms with van der Waals surface area (Å²) in [5, 5.41) is 3.95. The molecular formula is C9H7ClFN3. The molecule has 0 bridgehead atoms. The number of nitrogens with zero attached hydrogens (tertiary/aromatic N) is 3. The average Bonchev–Trinajstić information content (AvgIpc) is 2.65. The van der Waals surface area contributed by atoms with Gasteiger partial charge in [0.25, 0.3) is 0 Å². The molecular weight excluding hydrogens is 205 g/mol. The van der Waals surface area contributed by atoms with Gasteiger partial charge in [0.05, 0.1) is 11.6 Å². The van der Waals surface area contributed by atoms with Crippen molar-refractivity contribution in [1.82, 2.24) is 14.8 Å². The summed E-state index contributed by atoms with van der Waals surface area (Å²) in [6.07, 6.45) is 1.39. The van der Waals surface area contributed by atoms with E-state index in [1.807, 2.05) is 0 Å². The number of hydrogen-bond donors (Lipinski definition) is 0. The van der Waals surface area contributed by atoms with E-state index in [0.29, 0.717) is 11.5 Å². The summed E-state index contributed by atoms with van der Waals surface area (Å²) in [4.78, 5) is 3.94. The largest absolute Gasteiger partial charge is 0.218 e. The zero-order valence-electron chi connectivity index (χ0n) is 7.19. The van der Waals surface area contributed by atoms with Crippen LogP contribution in [-0.2, 0) is 5.88 Å². The fourth-order valence-electron chi connectivity index (χ4n) is 1.18. The lowest BCUT2D eigenvalue weighted by Crippen LogP contribution is -2.01. The molecule has 3 nitrogen and oxygen atoms in total. The molecule has 0 aliphatic heterocycles. The molecule has 0 spiro atoms. The van der Waals surface area contributed by atoms with Crippen molar-refractivity contribution in [3.8, 4) is 5.69 Å². The summed E-state index contributed by atoms with van der Waals surface area (Å²) in [5.41, 5.74) is 0.623. The minimum atomic E-state index is -0.307. The molecule has 14 heavy (non-hydrogen) atoms. The van der Waals surface area contributed by atoms with Gasteiger partial charge >= 0.3 is 0 Å². The highest BCUT2D eigenvalue weighted by Crippen LogP contribution is 2.11. The van der Waals surface area contributed by atoms with E-state index in [9.17, 15) is 4.39 Å². The van der Waals surface area contributed by atoms with E-state index in [4.69, 9.17) is 11.6 Å². The first-order chi connectivity index (χ1) is 6.81. The molecule has 72 valence electrons. The summed E-state index contributed by atoms with van der Waals surface area (Å²) in [5.74, 6) is 0.534. The van der Waals surface area contributed by atoms with Crippen molar-refractivity contribution in [2.45, 2.75) is 5.88 Å². The number of alkyl halides is 1. The highest BCUT2D eigenvalue weighted by atomic mass is 35.5. The van der Waals surface area contributed by atoms with Gasteiger partial charge in [0.2, 0.25) is 0 Å². The van der Waals surface area contributed by atoms with Crippen LogP contribution in [0, 0.1) is 5.82 Å². The molecule has 0 amide bonds. The van der Waals surface area contributed by atoms with Crippen LogP contribution in [0.3, 0.4) is 0 Å². The van der Waals surface area contributed by atoms with Crippen molar-refractivity contribution in [2.75, 3.05) is 0 Å². The Morgan fingerprint density at radius 1 is 1.43 bits per heavy atom.